The van der Waals surface area contributed by atoms with Gasteiger partial charge in [0.2, 0.25) is 5.88 Å². The zero-order valence-electron chi connectivity index (χ0n) is 14.3. The lowest BCUT2D eigenvalue weighted by Gasteiger charge is -2.29. The minimum absolute atomic E-state index is 0.0982. The molecule has 0 fully saturated rings. The molecule has 0 bridgehead atoms. The number of rotatable bonds is 4. The second-order valence-corrected chi connectivity index (χ2v) is 5.87. The molecule has 2 N–H and O–H groups in total. The van der Waals surface area contributed by atoms with Gasteiger partial charge in [0.25, 0.3) is 0 Å². The van der Waals surface area contributed by atoms with Gasteiger partial charge in [0.15, 0.2) is 0 Å². The molecule has 128 valence electrons. The molecule has 5 heteroatoms. The van der Waals surface area contributed by atoms with E-state index in [4.69, 9.17) is 10.5 Å². The second kappa shape index (κ2) is 6.86. The topological polar surface area (TPSA) is 62.3 Å². The van der Waals surface area contributed by atoms with Gasteiger partial charge in [0.1, 0.15) is 23.2 Å². The number of nitrogens with two attached hydrogens (primary N) is 1. The maximum absolute atomic E-state index is 13.3. The van der Waals surface area contributed by atoms with Crippen LogP contribution in [0, 0.1) is 17.1 Å². The smallest absolute Gasteiger partial charge is 0.205 e. The number of nitrogens with zero attached hydrogens (tertiary/aromatic N) is 2. The Kier molecular flexibility index (Phi) is 4.62. The van der Waals surface area contributed by atoms with Crippen LogP contribution >= 0.6 is 0 Å². The van der Waals surface area contributed by atoms with Crippen molar-refractivity contribution in [3.8, 4) is 11.8 Å². The third kappa shape index (κ3) is 3.03. The van der Waals surface area contributed by atoms with Crippen LogP contribution in [0.1, 0.15) is 30.9 Å². The predicted octanol–water partition coefficient (Wildman–Crippen LogP) is 3.89. The van der Waals surface area contributed by atoms with Crippen molar-refractivity contribution in [1.82, 2.24) is 0 Å². The number of benzene rings is 2. The van der Waals surface area contributed by atoms with E-state index in [-0.39, 0.29) is 17.6 Å². The first-order valence-electron chi connectivity index (χ1n) is 8.31. The monoisotopic (exact) mass is 337 g/mol. The van der Waals surface area contributed by atoms with E-state index in [2.05, 4.69) is 24.8 Å². The van der Waals surface area contributed by atoms with Crippen LogP contribution in [-0.2, 0) is 0 Å². The number of halogens is 1. The van der Waals surface area contributed by atoms with Gasteiger partial charge in [-0.1, -0.05) is 18.2 Å². The van der Waals surface area contributed by atoms with E-state index in [1.807, 2.05) is 18.2 Å². The number of anilines is 1. The van der Waals surface area contributed by atoms with E-state index in [0.717, 1.165) is 29.9 Å². The summed E-state index contributed by atoms with van der Waals surface area (Å²) in [6.45, 7) is 5.94. The van der Waals surface area contributed by atoms with Crippen LogP contribution in [0.25, 0.3) is 0 Å². The van der Waals surface area contributed by atoms with Crippen molar-refractivity contribution < 1.29 is 9.13 Å². The fourth-order valence-electron chi connectivity index (χ4n) is 3.23. The number of hydrogen-bond acceptors (Lipinski definition) is 4. The highest BCUT2D eigenvalue weighted by Crippen LogP contribution is 2.43. The normalized spacial score (nSPS) is 16.0. The van der Waals surface area contributed by atoms with Crippen molar-refractivity contribution in [2.75, 3.05) is 18.0 Å². The molecule has 0 radical (unpaired) electrons. The summed E-state index contributed by atoms with van der Waals surface area (Å²) < 4.78 is 19.0. The Labute approximate surface area is 146 Å². The van der Waals surface area contributed by atoms with Crippen LogP contribution in [0.15, 0.2) is 53.9 Å². The summed E-state index contributed by atoms with van der Waals surface area (Å²) in [4.78, 5) is 2.20. The Morgan fingerprint density at radius 2 is 1.84 bits per heavy atom. The summed E-state index contributed by atoms with van der Waals surface area (Å²) in [6, 6.07) is 14.2. The summed E-state index contributed by atoms with van der Waals surface area (Å²) in [5, 5.41) is 9.54. The van der Waals surface area contributed by atoms with Crippen molar-refractivity contribution in [1.29, 1.82) is 5.26 Å². The van der Waals surface area contributed by atoms with E-state index in [1.165, 1.54) is 12.1 Å². The standard InChI is InChI=1S/C20H20FN3O/c1-3-24(4-2)15-9-10-16-18(11-15)25-20(23)17(12-22)19(16)13-5-7-14(21)8-6-13/h5-11,19H,3-4,23H2,1-2H3. The molecule has 2 aromatic rings. The molecule has 0 spiro atoms. The van der Waals surface area contributed by atoms with Crippen molar-refractivity contribution in [3.63, 3.8) is 0 Å². The van der Waals surface area contributed by atoms with Gasteiger partial charge in [-0.15, -0.1) is 0 Å². The Bertz CT molecular complexity index is 848. The lowest BCUT2D eigenvalue weighted by atomic mass is 9.83. The minimum Gasteiger partial charge on any atom is -0.440 e. The molecule has 1 aliphatic heterocycles. The first-order valence-corrected chi connectivity index (χ1v) is 8.31. The van der Waals surface area contributed by atoms with Gasteiger partial charge in [-0.3, -0.25) is 0 Å². The molecule has 0 amide bonds. The highest BCUT2D eigenvalue weighted by molar-refractivity contribution is 5.61. The van der Waals surface area contributed by atoms with Crippen molar-refractivity contribution in [3.05, 3.63) is 70.9 Å². The molecule has 4 nitrogen and oxygen atoms in total. The molecule has 2 aromatic carbocycles. The molecule has 1 heterocycles. The maximum atomic E-state index is 13.3. The van der Waals surface area contributed by atoms with E-state index in [1.54, 1.807) is 12.1 Å². The molecule has 1 aliphatic rings. The summed E-state index contributed by atoms with van der Waals surface area (Å²) in [5.74, 6) is 0.0553. The highest BCUT2D eigenvalue weighted by atomic mass is 19.1. The first-order chi connectivity index (χ1) is 12.1. The van der Waals surface area contributed by atoms with Gasteiger partial charge in [-0.2, -0.15) is 5.26 Å². The van der Waals surface area contributed by atoms with Crippen molar-refractivity contribution in [2.45, 2.75) is 19.8 Å². The fraction of sp³-hybridized carbons (Fsp3) is 0.250. The molecular weight excluding hydrogens is 317 g/mol. The summed E-state index contributed by atoms with van der Waals surface area (Å²) in [7, 11) is 0. The van der Waals surface area contributed by atoms with Gasteiger partial charge < -0.3 is 15.4 Å². The van der Waals surface area contributed by atoms with Gasteiger partial charge in [-0.05, 0) is 37.6 Å². The molecule has 3 rings (SSSR count). The lowest BCUT2D eigenvalue weighted by molar-refractivity contribution is 0.393. The van der Waals surface area contributed by atoms with E-state index < -0.39 is 0 Å². The van der Waals surface area contributed by atoms with Crippen LogP contribution in [0.5, 0.6) is 5.75 Å². The zero-order chi connectivity index (χ0) is 18.0. The quantitative estimate of drug-likeness (QED) is 0.919. The Morgan fingerprint density at radius 1 is 1.16 bits per heavy atom. The summed E-state index contributed by atoms with van der Waals surface area (Å²) >= 11 is 0. The Morgan fingerprint density at radius 3 is 2.44 bits per heavy atom. The molecule has 0 aromatic heterocycles. The number of fused-ring (bicyclic) bond motifs is 1. The van der Waals surface area contributed by atoms with Crippen LogP contribution < -0.4 is 15.4 Å². The van der Waals surface area contributed by atoms with Gasteiger partial charge in [0.05, 0.1) is 5.92 Å². The van der Waals surface area contributed by atoms with Crippen molar-refractivity contribution >= 4 is 5.69 Å². The SMILES string of the molecule is CCN(CC)c1ccc2c(c1)OC(N)=C(C#N)C2c1ccc(F)cc1. The molecule has 25 heavy (non-hydrogen) atoms. The first kappa shape index (κ1) is 16.8. The zero-order valence-corrected chi connectivity index (χ0v) is 14.3. The van der Waals surface area contributed by atoms with Crippen molar-refractivity contribution in [2.24, 2.45) is 5.73 Å². The van der Waals surface area contributed by atoms with E-state index >= 15 is 0 Å². The largest absolute Gasteiger partial charge is 0.440 e. The fourth-order valence-corrected chi connectivity index (χ4v) is 3.23. The van der Waals surface area contributed by atoms with Crippen LogP contribution in [0.2, 0.25) is 0 Å². The van der Waals surface area contributed by atoms with E-state index in [9.17, 15) is 9.65 Å². The van der Waals surface area contributed by atoms with Crippen LogP contribution in [0.3, 0.4) is 0 Å². The number of hydrogen-bond donors (Lipinski definition) is 1. The molecule has 1 atom stereocenters. The Balaban J connectivity index is 2.12. The number of allylic oxidation sites excluding steroid dienone is 1. The molecule has 0 aliphatic carbocycles. The maximum Gasteiger partial charge on any atom is 0.205 e. The number of nitriles is 1. The second-order valence-electron chi connectivity index (χ2n) is 5.87. The van der Waals surface area contributed by atoms with Gasteiger partial charge in [-0.25, -0.2) is 4.39 Å². The highest BCUT2D eigenvalue weighted by Gasteiger charge is 2.30. The third-order valence-corrected chi connectivity index (χ3v) is 4.53. The average molecular weight is 337 g/mol. The summed E-state index contributed by atoms with van der Waals surface area (Å²) in [5.41, 5.74) is 9.04. The Hall–Kier alpha value is -3.00. The molecule has 1 unspecified atom stereocenters. The van der Waals surface area contributed by atoms with Crippen LogP contribution in [0.4, 0.5) is 10.1 Å². The molecule has 0 saturated heterocycles. The number of ether oxygens (including phenoxy) is 1. The molecular formula is C20H20FN3O. The van der Waals surface area contributed by atoms with Gasteiger partial charge >= 0.3 is 0 Å². The van der Waals surface area contributed by atoms with Gasteiger partial charge in [0, 0.05) is 30.4 Å². The lowest BCUT2D eigenvalue weighted by Crippen LogP contribution is -2.24. The minimum atomic E-state index is -0.361. The van der Waals surface area contributed by atoms with E-state index in [0.29, 0.717) is 11.3 Å². The third-order valence-electron chi connectivity index (χ3n) is 4.53. The average Bonchev–Trinajstić information content (AvgIpc) is 2.62. The molecule has 0 saturated carbocycles. The van der Waals surface area contributed by atoms with Crippen LogP contribution in [-0.4, -0.2) is 13.1 Å². The summed E-state index contributed by atoms with van der Waals surface area (Å²) in [6.07, 6.45) is 0. The predicted molar refractivity (Wildman–Crippen MR) is 95.7 cm³/mol.